The summed E-state index contributed by atoms with van der Waals surface area (Å²) in [5, 5.41) is 3.90. The van der Waals surface area contributed by atoms with Crippen LogP contribution in [0.15, 0.2) is 24.3 Å². The molecule has 0 aliphatic heterocycles. The number of benzene rings is 1. The van der Waals surface area contributed by atoms with Crippen molar-refractivity contribution in [2.24, 2.45) is 5.92 Å². The topological polar surface area (TPSA) is 60.5 Å². The Hall–Kier alpha value is -2.08. The number of nitrogens with zero attached hydrogens (tertiary/aromatic N) is 1. The Balaban J connectivity index is 1.79. The number of methoxy groups -OCH3 is 1. The Labute approximate surface area is 147 Å². The van der Waals surface area contributed by atoms with E-state index < -0.39 is 0 Å². The van der Waals surface area contributed by atoms with E-state index in [0.717, 1.165) is 28.6 Å². The highest BCUT2D eigenvalue weighted by atomic mass is 32.1. The molecule has 0 fully saturated rings. The summed E-state index contributed by atoms with van der Waals surface area (Å²) in [4.78, 5) is 17.4. The molecule has 2 aromatic rings. The van der Waals surface area contributed by atoms with Gasteiger partial charge in [-0.05, 0) is 37.1 Å². The Morgan fingerprint density at radius 1 is 1.25 bits per heavy atom. The molecule has 1 aromatic carbocycles. The van der Waals surface area contributed by atoms with Gasteiger partial charge in [-0.2, -0.15) is 0 Å². The standard InChI is InChI=1S/C18H24N2O3S/c1-12(2)11-16-20-13(3)17(24-16)18(21)19-9-10-23-15-7-5-14(22-4)6-8-15/h5-8,12H,9-11H2,1-4H3,(H,19,21). The fourth-order valence-corrected chi connectivity index (χ4v) is 3.38. The maximum atomic E-state index is 12.2. The van der Waals surface area contributed by atoms with Gasteiger partial charge in [-0.15, -0.1) is 11.3 Å². The Bertz CT molecular complexity index is 665. The molecule has 0 bridgehead atoms. The first-order valence-electron chi connectivity index (χ1n) is 8.01. The van der Waals surface area contributed by atoms with E-state index in [9.17, 15) is 4.79 Å². The van der Waals surface area contributed by atoms with Crippen LogP contribution in [-0.4, -0.2) is 31.2 Å². The molecule has 0 unspecified atom stereocenters. The molecule has 1 amide bonds. The molecule has 6 heteroatoms. The lowest BCUT2D eigenvalue weighted by atomic mass is 10.1. The van der Waals surface area contributed by atoms with Crippen LogP contribution in [0.5, 0.6) is 11.5 Å². The molecular formula is C18H24N2O3S. The van der Waals surface area contributed by atoms with Crippen molar-refractivity contribution in [3.63, 3.8) is 0 Å². The van der Waals surface area contributed by atoms with Gasteiger partial charge in [-0.1, -0.05) is 13.8 Å². The van der Waals surface area contributed by atoms with Crippen molar-refractivity contribution in [2.75, 3.05) is 20.3 Å². The zero-order chi connectivity index (χ0) is 17.5. The number of hydrogen-bond acceptors (Lipinski definition) is 5. The quantitative estimate of drug-likeness (QED) is 0.742. The van der Waals surface area contributed by atoms with Gasteiger partial charge in [0.25, 0.3) is 5.91 Å². The number of hydrogen-bond donors (Lipinski definition) is 1. The summed E-state index contributed by atoms with van der Waals surface area (Å²) in [5.41, 5.74) is 0.796. The summed E-state index contributed by atoms with van der Waals surface area (Å²) >= 11 is 1.48. The van der Waals surface area contributed by atoms with Gasteiger partial charge in [0, 0.05) is 6.42 Å². The zero-order valence-corrected chi connectivity index (χ0v) is 15.4. The average Bonchev–Trinajstić information content (AvgIpc) is 2.91. The van der Waals surface area contributed by atoms with Crippen LogP contribution in [0.1, 0.15) is 34.2 Å². The number of nitrogens with one attached hydrogen (secondary N) is 1. The summed E-state index contributed by atoms with van der Waals surface area (Å²) in [5.74, 6) is 1.98. The molecule has 0 saturated carbocycles. The van der Waals surface area contributed by atoms with E-state index >= 15 is 0 Å². The second-order valence-electron chi connectivity index (χ2n) is 5.90. The highest BCUT2D eigenvalue weighted by Gasteiger charge is 2.15. The van der Waals surface area contributed by atoms with E-state index in [-0.39, 0.29) is 5.91 Å². The smallest absolute Gasteiger partial charge is 0.263 e. The molecule has 0 atom stereocenters. The first kappa shape index (κ1) is 18.3. The minimum Gasteiger partial charge on any atom is -0.497 e. The lowest BCUT2D eigenvalue weighted by Gasteiger charge is -2.08. The van der Waals surface area contributed by atoms with E-state index in [1.165, 1.54) is 11.3 Å². The first-order valence-corrected chi connectivity index (χ1v) is 8.82. The fraction of sp³-hybridized carbons (Fsp3) is 0.444. The van der Waals surface area contributed by atoms with Gasteiger partial charge >= 0.3 is 0 Å². The van der Waals surface area contributed by atoms with Crippen molar-refractivity contribution >= 4 is 17.2 Å². The molecule has 0 aliphatic carbocycles. The molecule has 2 rings (SSSR count). The number of carbonyl (C=O) groups is 1. The summed E-state index contributed by atoms with van der Waals surface area (Å²) in [7, 11) is 1.62. The number of ether oxygens (including phenoxy) is 2. The maximum absolute atomic E-state index is 12.2. The number of rotatable bonds is 8. The van der Waals surface area contributed by atoms with Gasteiger partial charge in [0.2, 0.25) is 0 Å². The van der Waals surface area contributed by atoms with Gasteiger partial charge in [0.05, 0.1) is 24.4 Å². The predicted molar refractivity (Wildman–Crippen MR) is 96.2 cm³/mol. The Morgan fingerprint density at radius 3 is 2.54 bits per heavy atom. The number of amides is 1. The lowest BCUT2D eigenvalue weighted by molar-refractivity contribution is 0.0950. The molecule has 1 N–H and O–H groups in total. The van der Waals surface area contributed by atoms with Crippen molar-refractivity contribution < 1.29 is 14.3 Å². The normalized spacial score (nSPS) is 10.7. The van der Waals surface area contributed by atoms with Crippen LogP contribution < -0.4 is 14.8 Å². The summed E-state index contributed by atoms with van der Waals surface area (Å²) < 4.78 is 10.7. The summed E-state index contributed by atoms with van der Waals surface area (Å²) in [6.45, 7) is 7.03. The lowest BCUT2D eigenvalue weighted by Crippen LogP contribution is -2.27. The largest absolute Gasteiger partial charge is 0.497 e. The van der Waals surface area contributed by atoms with Crippen LogP contribution in [0, 0.1) is 12.8 Å². The first-order chi connectivity index (χ1) is 11.5. The van der Waals surface area contributed by atoms with Crippen molar-refractivity contribution in [3.8, 4) is 11.5 Å². The molecule has 1 heterocycles. The molecule has 130 valence electrons. The van der Waals surface area contributed by atoms with E-state index in [4.69, 9.17) is 9.47 Å². The third-order valence-electron chi connectivity index (χ3n) is 3.35. The predicted octanol–water partition coefficient (Wildman–Crippen LogP) is 3.47. The molecule has 0 radical (unpaired) electrons. The van der Waals surface area contributed by atoms with E-state index in [0.29, 0.717) is 23.9 Å². The highest BCUT2D eigenvalue weighted by molar-refractivity contribution is 7.13. The van der Waals surface area contributed by atoms with Crippen molar-refractivity contribution in [1.82, 2.24) is 10.3 Å². The summed E-state index contributed by atoms with van der Waals surface area (Å²) in [6, 6.07) is 7.36. The Morgan fingerprint density at radius 2 is 1.92 bits per heavy atom. The van der Waals surface area contributed by atoms with Crippen LogP contribution in [0.25, 0.3) is 0 Å². The second kappa shape index (κ2) is 8.68. The minimum atomic E-state index is -0.0849. The van der Waals surface area contributed by atoms with Gasteiger partial charge < -0.3 is 14.8 Å². The van der Waals surface area contributed by atoms with E-state index in [2.05, 4.69) is 24.1 Å². The third kappa shape index (κ3) is 5.23. The van der Waals surface area contributed by atoms with E-state index in [1.807, 2.05) is 31.2 Å². The maximum Gasteiger partial charge on any atom is 0.263 e. The number of aromatic nitrogens is 1. The minimum absolute atomic E-state index is 0.0849. The molecular weight excluding hydrogens is 324 g/mol. The number of thiazole rings is 1. The Kier molecular flexibility index (Phi) is 6.61. The SMILES string of the molecule is COc1ccc(OCCNC(=O)c2sc(CC(C)C)nc2C)cc1. The van der Waals surface area contributed by atoms with Gasteiger partial charge in [-0.3, -0.25) is 4.79 Å². The number of carbonyl (C=O) groups excluding carboxylic acids is 1. The van der Waals surface area contributed by atoms with E-state index in [1.54, 1.807) is 7.11 Å². The van der Waals surface area contributed by atoms with Gasteiger partial charge in [0.15, 0.2) is 0 Å². The fourth-order valence-electron chi connectivity index (χ4n) is 2.19. The van der Waals surface area contributed by atoms with Crippen LogP contribution in [0.3, 0.4) is 0 Å². The molecule has 0 aliphatic rings. The molecule has 24 heavy (non-hydrogen) atoms. The third-order valence-corrected chi connectivity index (χ3v) is 4.52. The molecule has 5 nitrogen and oxygen atoms in total. The van der Waals surface area contributed by atoms with Gasteiger partial charge in [0.1, 0.15) is 23.0 Å². The second-order valence-corrected chi connectivity index (χ2v) is 6.98. The molecule has 0 spiro atoms. The van der Waals surface area contributed by atoms with Crippen LogP contribution in [0.4, 0.5) is 0 Å². The van der Waals surface area contributed by atoms with Crippen molar-refractivity contribution in [1.29, 1.82) is 0 Å². The monoisotopic (exact) mass is 348 g/mol. The van der Waals surface area contributed by atoms with Gasteiger partial charge in [-0.25, -0.2) is 4.98 Å². The van der Waals surface area contributed by atoms with Crippen molar-refractivity contribution in [3.05, 3.63) is 39.8 Å². The summed E-state index contributed by atoms with van der Waals surface area (Å²) in [6.07, 6.45) is 0.902. The van der Waals surface area contributed by atoms with Crippen LogP contribution in [-0.2, 0) is 6.42 Å². The molecule has 0 saturated heterocycles. The van der Waals surface area contributed by atoms with Crippen molar-refractivity contribution in [2.45, 2.75) is 27.2 Å². The number of aryl methyl sites for hydroxylation is 1. The van der Waals surface area contributed by atoms with Crippen LogP contribution >= 0.6 is 11.3 Å². The zero-order valence-electron chi connectivity index (χ0n) is 14.6. The average molecular weight is 348 g/mol. The highest BCUT2D eigenvalue weighted by Crippen LogP contribution is 2.20. The van der Waals surface area contributed by atoms with Crippen LogP contribution in [0.2, 0.25) is 0 Å². The molecule has 1 aromatic heterocycles.